The van der Waals surface area contributed by atoms with Gasteiger partial charge in [0.25, 0.3) is 11.8 Å². The van der Waals surface area contributed by atoms with Gasteiger partial charge in [0.1, 0.15) is 10.9 Å². The second-order valence-electron chi connectivity index (χ2n) is 5.39. The number of rotatable bonds is 3. The Bertz CT molecular complexity index is 573. The van der Waals surface area contributed by atoms with Crippen molar-refractivity contribution in [3.8, 4) is 0 Å². The molecule has 2 aliphatic heterocycles. The van der Waals surface area contributed by atoms with Crippen LogP contribution in [-0.2, 0) is 4.79 Å². The van der Waals surface area contributed by atoms with Gasteiger partial charge in [-0.3, -0.25) is 14.5 Å². The van der Waals surface area contributed by atoms with Crippen molar-refractivity contribution in [3.05, 3.63) is 4.88 Å². The van der Waals surface area contributed by atoms with Crippen LogP contribution in [0.3, 0.4) is 0 Å². The highest BCUT2D eigenvalue weighted by molar-refractivity contribution is 8.01. The Hall–Kier alpha value is -1.08. The molecule has 1 fully saturated rings. The summed E-state index contributed by atoms with van der Waals surface area (Å²) in [6, 6.07) is -0.301. The third kappa shape index (κ3) is 2.57. The number of aromatic nitrogens is 1. The fraction of sp³-hybridized carbons (Fsp3) is 0.643. The van der Waals surface area contributed by atoms with Crippen LogP contribution in [0.15, 0.2) is 4.34 Å². The van der Waals surface area contributed by atoms with Crippen molar-refractivity contribution in [1.82, 2.24) is 9.88 Å². The zero-order valence-electron chi connectivity index (χ0n) is 12.3. The molecule has 7 heteroatoms. The number of hydrogen-bond donors (Lipinski definition) is 0. The molecule has 1 unspecified atom stereocenters. The first-order valence-corrected chi connectivity index (χ1v) is 9.16. The Morgan fingerprint density at radius 2 is 2.19 bits per heavy atom. The highest BCUT2D eigenvalue weighted by Gasteiger charge is 2.41. The molecule has 1 atom stereocenters. The average molecular weight is 325 g/mol. The molecule has 2 aliphatic rings. The summed E-state index contributed by atoms with van der Waals surface area (Å²) in [4.78, 5) is 33.8. The Labute approximate surface area is 132 Å². The summed E-state index contributed by atoms with van der Waals surface area (Å²) in [6.07, 6.45) is 3.81. The molecule has 0 bridgehead atoms. The van der Waals surface area contributed by atoms with Crippen molar-refractivity contribution in [2.75, 3.05) is 24.2 Å². The topological polar surface area (TPSA) is 53.5 Å². The molecule has 0 aromatic carbocycles. The Morgan fingerprint density at radius 3 is 2.95 bits per heavy atom. The smallest absolute Gasteiger partial charge is 0.268 e. The number of carbonyl (C=O) groups excluding carboxylic acids is 2. The van der Waals surface area contributed by atoms with Crippen molar-refractivity contribution in [1.29, 1.82) is 0 Å². The number of likely N-dealkylation sites (N-methyl/N-ethyl adjacent to an activating group) is 1. The van der Waals surface area contributed by atoms with Crippen LogP contribution in [-0.4, -0.2) is 47.1 Å². The summed E-state index contributed by atoms with van der Waals surface area (Å²) >= 11 is 3.08. The number of amides is 2. The molecule has 0 radical (unpaired) electrons. The zero-order chi connectivity index (χ0) is 15.0. The van der Waals surface area contributed by atoms with Gasteiger partial charge in [-0.15, -0.1) is 11.3 Å². The first kappa shape index (κ1) is 14.8. The van der Waals surface area contributed by atoms with E-state index in [9.17, 15) is 9.59 Å². The standard InChI is InChI=1S/C14H19N3O2S2/c1-3-8-20-14-15-11-10(21-14)13(19)17-7-5-4-6-9(17)12(18)16(11)2/h9H,3-8H2,1-2H3. The largest absolute Gasteiger partial charge is 0.326 e. The van der Waals surface area contributed by atoms with Crippen LogP contribution in [0.1, 0.15) is 42.3 Å². The molecule has 3 heterocycles. The zero-order valence-corrected chi connectivity index (χ0v) is 13.9. The summed E-state index contributed by atoms with van der Waals surface area (Å²) in [6.45, 7) is 2.79. The maximum absolute atomic E-state index is 12.8. The van der Waals surface area contributed by atoms with Crippen LogP contribution >= 0.6 is 23.1 Å². The predicted molar refractivity (Wildman–Crippen MR) is 85.2 cm³/mol. The van der Waals surface area contributed by atoms with Crippen molar-refractivity contribution in [2.24, 2.45) is 0 Å². The van der Waals surface area contributed by atoms with E-state index in [-0.39, 0.29) is 17.9 Å². The lowest BCUT2D eigenvalue weighted by atomic mass is 10.0. The van der Waals surface area contributed by atoms with Gasteiger partial charge in [-0.25, -0.2) is 4.98 Å². The number of fused-ring (bicyclic) bond motifs is 2. The van der Waals surface area contributed by atoms with E-state index in [2.05, 4.69) is 11.9 Å². The van der Waals surface area contributed by atoms with Crippen LogP contribution in [0.5, 0.6) is 0 Å². The van der Waals surface area contributed by atoms with Crippen molar-refractivity contribution >= 4 is 40.7 Å². The molecule has 21 heavy (non-hydrogen) atoms. The minimum Gasteiger partial charge on any atom is -0.326 e. The van der Waals surface area contributed by atoms with Gasteiger partial charge in [0.2, 0.25) is 0 Å². The average Bonchev–Trinajstić information content (AvgIpc) is 2.92. The van der Waals surface area contributed by atoms with Crippen LogP contribution in [0.4, 0.5) is 5.82 Å². The molecular formula is C14H19N3O2S2. The maximum atomic E-state index is 12.8. The third-order valence-corrected chi connectivity index (χ3v) is 6.29. The third-order valence-electron chi connectivity index (χ3n) is 3.91. The van der Waals surface area contributed by atoms with Crippen molar-refractivity contribution in [3.63, 3.8) is 0 Å². The molecule has 0 spiro atoms. The van der Waals surface area contributed by atoms with E-state index < -0.39 is 0 Å². The lowest BCUT2D eigenvalue weighted by molar-refractivity contribution is -0.123. The normalized spacial score (nSPS) is 22.1. The number of thioether (sulfide) groups is 1. The van der Waals surface area contributed by atoms with E-state index in [0.717, 1.165) is 35.8 Å². The first-order chi connectivity index (χ1) is 10.1. The van der Waals surface area contributed by atoms with E-state index in [0.29, 0.717) is 17.2 Å². The minimum absolute atomic E-state index is 0.000795. The molecule has 0 aliphatic carbocycles. The fourth-order valence-electron chi connectivity index (χ4n) is 2.80. The molecule has 2 amide bonds. The molecule has 0 saturated carbocycles. The molecule has 5 nitrogen and oxygen atoms in total. The maximum Gasteiger partial charge on any atom is 0.268 e. The van der Waals surface area contributed by atoms with E-state index >= 15 is 0 Å². The van der Waals surface area contributed by atoms with Gasteiger partial charge in [0.15, 0.2) is 10.2 Å². The Kier molecular flexibility index (Phi) is 4.21. The number of anilines is 1. The lowest BCUT2D eigenvalue weighted by Crippen LogP contribution is -2.50. The van der Waals surface area contributed by atoms with Gasteiger partial charge in [-0.2, -0.15) is 0 Å². The fourth-order valence-corrected chi connectivity index (χ4v) is 4.85. The summed E-state index contributed by atoms with van der Waals surface area (Å²) in [5, 5.41) is 0. The second kappa shape index (κ2) is 5.96. The van der Waals surface area contributed by atoms with Gasteiger partial charge < -0.3 is 4.90 Å². The highest BCUT2D eigenvalue weighted by atomic mass is 32.2. The van der Waals surface area contributed by atoms with Crippen LogP contribution < -0.4 is 4.90 Å². The number of carbonyl (C=O) groups is 2. The molecule has 1 saturated heterocycles. The SMILES string of the molecule is CCCSc1nc2c(s1)C(=O)N1CCCCC1C(=O)N2C. The van der Waals surface area contributed by atoms with Crippen molar-refractivity contribution in [2.45, 2.75) is 43.0 Å². The predicted octanol–water partition coefficient (Wildman–Crippen LogP) is 2.62. The summed E-state index contributed by atoms with van der Waals surface area (Å²) in [5.74, 6) is 1.50. The van der Waals surface area contributed by atoms with Gasteiger partial charge in [-0.1, -0.05) is 18.7 Å². The minimum atomic E-state index is -0.301. The second-order valence-corrected chi connectivity index (χ2v) is 7.73. The highest BCUT2D eigenvalue weighted by Crippen LogP contribution is 2.37. The van der Waals surface area contributed by atoms with Gasteiger partial charge >= 0.3 is 0 Å². The first-order valence-electron chi connectivity index (χ1n) is 7.35. The van der Waals surface area contributed by atoms with Crippen LogP contribution in [0.2, 0.25) is 0 Å². The monoisotopic (exact) mass is 325 g/mol. The van der Waals surface area contributed by atoms with E-state index in [1.165, 1.54) is 11.3 Å². The molecule has 3 rings (SSSR count). The van der Waals surface area contributed by atoms with Gasteiger partial charge in [0.05, 0.1) is 0 Å². The quantitative estimate of drug-likeness (QED) is 0.802. The van der Waals surface area contributed by atoms with Crippen molar-refractivity contribution < 1.29 is 9.59 Å². The van der Waals surface area contributed by atoms with Crippen LogP contribution in [0, 0.1) is 0 Å². The lowest BCUT2D eigenvalue weighted by Gasteiger charge is -2.33. The number of piperidine rings is 1. The van der Waals surface area contributed by atoms with E-state index in [4.69, 9.17) is 0 Å². The van der Waals surface area contributed by atoms with Gasteiger partial charge in [0, 0.05) is 19.3 Å². The van der Waals surface area contributed by atoms with E-state index in [1.807, 2.05) is 0 Å². The molecular weight excluding hydrogens is 306 g/mol. The number of thiazole rings is 1. The molecule has 1 aromatic heterocycles. The van der Waals surface area contributed by atoms with Gasteiger partial charge in [-0.05, 0) is 25.7 Å². The molecule has 1 aromatic rings. The van der Waals surface area contributed by atoms with E-state index in [1.54, 1.807) is 28.6 Å². The summed E-state index contributed by atoms with van der Waals surface area (Å²) in [5.41, 5.74) is 0. The molecule has 114 valence electrons. The number of nitrogens with zero attached hydrogens (tertiary/aromatic N) is 3. The summed E-state index contributed by atoms with van der Waals surface area (Å²) in [7, 11) is 1.74. The van der Waals surface area contributed by atoms with Crippen LogP contribution in [0.25, 0.3) is 0 Å². The Balaban J connectivity index is 1.98. The number of hydrogen-bond acceptors (Lipinski definition) is 5. The summed E-state index contributed by atoms with van der Waals surface area (Å²) < 4.78 is 0.880. The molecule has 0 N–H and O–H groups in total. The Morgan fingerprint density at radius 1 is 1.38 bits per heavy atom.